The Balaban J connectivity index is 0.00000161. The van der Waals surface area contributed by atoms with Gasteiger partial charge < -0.3 is 16.6 Å². The van der Waals surface area contributed by atoms with Gasteiger partial charge in [-0.15, -0.1) is 0 Å². The third-order valence-corrected chi connectivity index (χ3v) is 5.24. The standard InChI is InChI=1S/C17H24FNO.H3N/c18-15-5-3-14(4-6-15)16(9-11-19)10-12-20-17(13-16)7-1-2-8-17;/h3-6H,1-2,7-13,19H2;1H3/t16-;/m1./s1. The molecule has 0 amide bonds. The molecule has 1 aliphatic carbocycles. The lowest BCUT2D eigenvalue weighted by Gasteiger charge is -2.47. The van der Waals surface area contributed by atoms with E-state index in [4.69, 9.17) is 10.5 Å². The van der Waals surface area contributed by atoms with Crippen LogP contribution in [0.4, 0.5) is 4.39 Å². The molecular formula is C17H27FN2O. The molecule has 1 aliphatic heterocycles. The fourth-order valence-corrected chi connectivity index (χ4v) is 4.24. The van der Waals surface area contributed by atoms with Crippen LogP contribution in [0.5, 0.6) is 0 Å². The van der Waals surface area contributed by atoms with Gasteiger partial charge in [0.05, 0.1) is 5.60 Å². The van der Waals surface area contributed by atoms with E-state index in [1.165, 1.54) is 31.2 Å². The summed E-state index contributed by atoms with van der Waals surface area (Å²) in [5, 5.41) is 0. The Morgan fingerprint density at radius 1 is 1.10 bits per heavy atom. The van der Waals surface area contributed by atoms with Gasteiger partial charge >= 0.3 is 0 Å². The molecule has 1 aromatic rings. The van der Waals surface area contributed by atoms with Gasteiger partial charge in [-0.1, -0.05) is 25.0 Å². The van der Waals surface area contributed by atoms with E-state index < -0.39 is 0 Å². The van der Waals surface area contributed by atoms with E-state index in [-0.39, 0.29) is 23.0 Å². The van der Waals surface area contributed by atoms with Crippen molar-refractivity contribution in [2.45, 2.75) is 56.0 Å². The highest BCUT2D eigenvalue weighted by molar-refractivity contribution is 5.28. The van der Waals surface area contributed by atoms with Gasteiger partial charge in [0.1, 0.15) is 5.82 Å². The predicted molar refractivity (Wildman–Crippen MR) is 83.2 cm³/mol. The first-order chi connectivity index (χ1) is 9.68. The molecule has 0 radical (unpaired) electrons. The smallest absolute Gasteiger partial charge is 0.123 e. The van der Waals surface area contributed by atoms with Crippen LogP contribution in [-0.4, -0.2) is 18.8 Å². The van der Waals surface area contributed by atoms with Gasteiger partial charge in [-0.2, -0.15) is 0 Å². The maximum atomic E-state index is 13.2. The molecule has 0 unspecified atom stereocenters. The van der Waals surface area contributed by atoms with Crippen LogP contribution in [0.3, 0.4) is 0 Å². The van der Waals surface area contributed by atoms with Gasteiger partial charge in [-0.3, -0.25) is 0 Å². The van der Waals surface area contributed by atoms with Crippen LogP contribution in [0.2, 0.25) is 0 Å². The Hall–Kier alpha value is -0.970. The Morgan fingerprint density at radius 3 is 2.38 bits per heavy atom. The molecular weight excluding hydrogens is 267 g/mol. The summed E-state index contributed by atoms with van der Waals surface area (Å²) in [6, 6.07) is 7.03. The first-order valence-corrected chi connectivity index (χ1v) is 7.78. The second kappa shape index (κ2) is 6.42. The number of ether oxygens (including phenoxy) is 1. The molecule has 0 aromatic heterocycles. The Labute approximate surface area is 126 Å². The summed E-state index contributed by atoms with van der Waals surface area (Å²) in [7, 11) is 0. The molecule has 1 heterocycles. The summed E-state index contributed by atoms with van der Waals surface area (Å²) in [4.78, 5) is 0. The minimum Gasteiger partial charge on any atom is -0.375 e. The number of halogens is 1. The second-order valence-electron chi connectivity index (χ2n) is 6.49. The molecule has 21 heavy (non-hydrogen) atoms. The van der Waals surface area contributed by atoms with Gasteiger partial charge in [0, 0.05) is 12.0 Å². The Morgan fingerprint density at radius 2 is 1.76 bits per heavy atom. The van der Waals surface area contributed by atoms with Crippen molar-refractivity contribution in [3.63, 3.8) is 0 Å². The van der Waals surface area contributed by atoms with Crippen LogP contribution >= 0.6 is 0 Å². The van der Waals surface area contributed by atoms with E-state index in [0.29, 0.717) is 6.54 Å². The highest BCUT2D eigenvalue weighted by Gasteiger charge is 2.47. The van der Waals surface area contributed by atoms with Crippen molar-refractivity contribution >= 4 is 0 Å². The summed E-state index contributed by atoms with van der Waals surface area (Å²) in [5.74, 6) is -0.167. The Kier molecular flexibility index (Phi) is 5.02. The highest BCUT2D eigenvalue weighted by atomic mass is 19.1. The molecule has 2 aliphatic rings. The van der Waals surface area contributed by atoms with E-state index in [1.807, 2.05) is 12.1 Å². The molecule has 3 rings (SSSR count). The normalized spacial score (nSPS) is 27.5. The number of nitrogens with two attached hydrogens (primary N) is 1. The van der Waals surface area contributed by atoms with Crippen LogP contribution in [0.15, 0.2) is 24.3 Å². The van der Waals surface area contributed by atoms with Crippen molar-refractivity contribution in [1.29, 1.82) is 0 Å². The monoisotopic (exact) mass is 294 g/mol. The number of rotatable bonds is 3. The van der Waals surface area contributed by atoms with Gasteiger partial charge in [0.25, 0.3) is 0 Å². The average Bonchev–Trinajstić information content (AvgIpc) is 2.87. The van der Waals surface area contributed by atoms with Crippen molar-refractivity contribution in [1.82, 2.24) is 6.15 Å². The summed E-state index contributed by atoms with van der Waals surface area (Å²) < 4.78 is 19.4. The van der Waals surface area contributed by atoms with E-state index >= 15 is 0 Å². The summed E-state index contributed by atoms with van der Waals surface area (Å²) in [6.45, 7) is 1.48. The maximum absolute atomic E-state index is 13.2. The van der Waals surface area contributed by atoms with Crippen LogP contribution in [0, 0.1) is 5.82 Å². The molecule has 0 bridgehead atoms. The van der Waals surface area contributed by atoms with Gasteiger partial charge in [0.15, 0.2) is 0 Å². The zero-order valence-electron chi connectivity index (χ0n) is 12.7. The fourth-order valence-electron chi connectivity index (χ4n) is 4.24. The Bertz CT molecular complexity index is 452. The van der Waals surface area contributed by atoms with E-state index in [0.717, 1.165) is 25.9 Å². The van der Waals surface area contributed by atoms with Crippen LogP contribution in [0.1, 0.15) is 50.5 Å². The maximum Gasteiger partial charge on any atom is 0.123 e. The highest BCUT2D eigenvalue weighted by Crippen LogP contribution is 2.49. The van der Waals surface area contributed by atoms with Crippen molar-refractivity contribution in [2.75, 3.05) is 13.2 Å². The molecule has 1 atom stereocenters. The first-order valence-electron chi connectivity index (χ1n) is 7.78. The van der Waals surface area contributed by atoms with Crippen molar-refractivity contribution in [2.24, 2.45) is 5.73 Å². The predicted octanol–water partition coefficient (Wildman–Crippen LogP) is 3.70. The molecule has 2 fully saturated rings. The molecule has 4 heteroatoms. The minimum atomic E-state index is -0.167. The van der Waals surface area contributed by atoms with Crippen molar-refractivity contribution in [3.8, 4) is 0 Å². The van der Waals surface area contributed by atoms with E-state index in [2.05, 4.69) is 0 Å². The van der Waals surface area contributed by atoms with Crippen LogP contribution in [-0.2, 0) is 10.2 Å². The topological polar surface area (TPSA) is 70.2 Å². The lowest BCUT2D eigenvalue weighted by Crippen LogP contribution is -2.46. The minimum absolute atomic E-state index is 0. The third kappa shape index (κ3) is 3.12. The van der Waals surface area contributed by atoms with Crippen molar-refractivity contribution < 1.29 is 9.13 Å². The quantitative estimate of drug-likeness (QED) is 0.893. The van der Waals surface area contributed by atoms with Crippen LogP contribution < -0.4 is 11.9 Å². The zero-order chi connectivity index (χ0) is 14.1. The summed E-state index contributed by atoms with van der Waals surface area (Å²) >= 11 is 0. The molecule has 1 saturated carbocycles. The largest absolute Gasteiger partial charge is 0.375 e. The number of benzene rings is 1. The molecule has 5 N–H and O–H groups in total. The molecule has 1 spiro atoms. The summed E-state index contributed by atoms with van der Waals surface area (Å²) in [5.41, 5.74) is 7.25. The zero-order valence-corrected chi connectivity index (χ0v) is 12.7. The van der Waals surface area contributed by atoms with E-state index in [9.17, 15) is 4.39 Å². The average molecular weight is 294 g/mol. The molecule has 118 valence electrons. The SMILES string of the molecule is N.NCC[C@@]1(c2ccc(F)cc2)CCOC2(CCCC2)C1. The fraction of sp³-hybridized carbons (Fsp3) is 0.647. The van der Waals surface area contributed by atoms with E-state index in [1.54, 1.807) is 12.1 Å². The first kappa shape index (κ1) is 16.4. The number of hydrogen-bond acceptors (Lipinski definition) is 3. The third-order valence-electron chi connectivity index (χ3n) is 5.24. The molecule has 3 nitrogen and oxygen atoms in total. The number of hydrogen-bond donors (Lipinski definition) is 2. The van der Waals surface area contributed by atoms with Crippen LogP contribution in [0.25, 0.3) is 0 Å². The lowest BCUT2D eigenvalue weighted by molar-refractivity contribution is -0.103. The van der Waals surface area contributed by atoms with Gasteiger partial charge in [-0.25, -0.2) is 4.39 Å². The lowest BCUT2D eigenvalue weighted by atomic mass is 9.66. The van der Waals surface area contributed by atoms with Gasteiger partial charge in [-0.05, 0) is 56.3 Å². The molecule has 1 saturated heterocycles. The van der Waals surface area contributed by atoms with Gasteiger partial charge in [0.2, 0.25) is 0 Å². The van der Waals surface area contributed by atoms with Crippen molar-refractivity contribution in [3.05, 3.63) is 35.6 Å². The molecule has 1 aromatic carbocycles. The summed E-state index contributed by atoms with van der Waals surface area (Å²) in [6.07, 6.45) is 7.87. The second-order valence-corrected chi connectivity index (χ2v) is 6.49.